The molecule has 1 aromatic carbocycles. The average Bonchev–Trinajstić information content (AvgIpc) is 4.08. The molecular weight excluding hydrogens is 822 g/mol. The van der Waals surface area contributed by atoms with Crippen molar-refractivity contribution in [2.24, 2.45) is 5.92 Å². The van der Waals surface area contributed by atoms with Crippen LogP contribution in [0.5, 0.6) is 0 Å². The Kier molecular flexibility index (Phi) is 13.7. The van der Waals surface area contributed by atoms with Crippen LogP contribution in [0, 0.1) is 5.92 Å². The number of aliphatic carboxylic acids is 1. The van der Waals surface area contributed by atoms with Crippen LogP contribution in [0.25, 0.3) is 21.8 Å². The number of carbonyl (C=O) groups excluding carboxylic acids is 3. The number of piperazine rings is 1. The van der Waals surface area contributed by atoms with Crippen LogP contribution < -0.4 is 10.9 Å². The van der Waals surface area contributed by atoms with E-state index in [0.29, 0.717) is 28.7 Å². The van der Waals surface area contributed by atoms with Crippen LogP contribution in [0.4, 0.5) is 19.1 Å². The molecule has 63 heavy (non-hydrogen) atoms. The molecule has 0 spiro atoms. The Labute approximate surface area is 364 Å². The minimum absolute atomic E-state index is 0.00546. The van der Waals surface area contributed by atoms with E-state index in [1.807, 2.05) is 39.6 Å². The first kappa shape index (κ1) is 45.5. The summed E-state index contributed by atoms with van der Waals surface area (Å²) in [7, 11) is 5.80. The van der Waals surface area contributed by atoms with E-state index < -0.39 is 12.1 Å². The molecule has 9 rings (SSSR count). The van der Waals surface area contributed by atoms with Gasteiger partial charge in [-0.1, -0.05) is 25.5 Å². The van der Waals surface area contributed by atoms with E-state index in [2.05, 4.69) is 52.3 Å². The second-order valence-corrected chi connectivity index (χ2v) is 17.3. The first-order chi connectivity index (χ1) is 30.0. The predicted molar refractivity (Wildman–Crippen MR) is 231 cm³/mol. The normalized spacial score (nSPS) is 21.4. The monoisotopic (exact) mass is 878 g/mol. The molecule has 16 nitrogen and oxygen atoms in total. The van der Waals surface area contributed by atoms with E-state index >= 15 is 0 Å². The summed E-state index contributed by atoms with van der Waals surface area (Å²) < 4.78 is 33.7. The SMILES string of the molecule is CCCCNc1ncc2c3ccc(CN4CCN(C)CC4)cc3c(=O)n(C3CCC(C(=O)N(C)C)CC3)c2n1.O=C(O)C(F)(F)F.O=C1C=C(N2CC2)C(=O)C(N2CC2)=C1N1CC1. The number of pyridine rings is 1. The number of amides is 1. The molecule has 1 amide bonds. The molecule has 0 unspecified atom stereocenters. The van der Waals surface area contributed by atoms with Gasteiger partial charge in [-0.2, -0.15) is 18.2 Å². The van der Waals surface area contributed by atoms with E-state index in [1.54, 1.807) is 4.90 Å². The molecule has 2 aromatic heterocycles. The number of hydrogen-bond donors (Lipinski definition) is 2. The second-order valence-electron chi connectivity index (χ2n) is 17.3. The van der Waals surface area contributed by atoms with Crippen molar-refractivity contribution in [2.75, 3.05) is 98.5 Å². The summed E-state index contributed by atoms with van der Waals surface area (Å²) >= 11 is 0. The van der Waals surface area contributed by atoms with Crippen molar-refractivity contribution in [1.29, 1.82) is 0 Å². The number of alkyl halides is 3. The number of carbonyl (C=O) groups is 4. The third kappa shape index (κ3) is 10.8. The van der Waals surface area contributed by atoms with Gasteiger partial charge in [-0.05, 0) is 56.2 Å². The number of Topliss-reactive ketones (excluding diaryl/α,β-unsaturated/α-hetero) is 1. The molecule has 0 radical (unpaired) electrons. The lowest BCUT2D eigenvalue weighted by Gasteiger charge is -2.32. The molecule has 3 aromatic rings. The Morgan fingerprint density at radius 2 is 1.48 bits per heavy atom. The number of benzene rings is 1. The number of nitrogens with one attached hydrogen (secondary N) is 1. The van der Waals surface area contributed by atoms with E-state index in [9.17, 15) is 32.3 Å². The molecule has 2 aliphatic carbocycles. The number of rotatable bonds is 11. The second kappa shape index (κ2) is 19.0. The molecule has 6 heterocycles. The van der Waals surface area contributed by atoms with Crippen molar-refractivity contribution in [2.45, 2.75) is 64.2 Å². The summed E-state index contributed by atoms with van der Waals surface area (Å²) in [6.07, 6.45) is 3.57. The third-order valence-electron chi connectivity index (χ3n) is 12.2. The quantitative estimate of drug-likeness (QED) is 0.124. The summed E-state index contributed by atoms with van der Waals surface area (Å²) in [6, 6.07) is 6.32. The van der Waals surface area contributed by atoms with Crippen molar-refractivity contribution < 1.29 is 37.5 Å². The topological polar surface area (TPSA) is 167 Å². The zero-order chi connectivity index (χ0) is 45.2. The first-order valence-corrected chi connectivity index (χ1v) is 21.9. The number of anilines is 1. The number of likely N-dealkylation sites (N-methyl/N-ethyl adjacent to an activating group) is 1. The fraction of sp³-hybridized carbons (Fsp3) is 0.568. The van der Waals surface area contributed by atoms with Gasteiger partial charge in [0.1, 0.15) is 17.0 Å². The highest BCUT2D eigenvalue weighted by molar-refractivity contribution is 6.22. The minimum Gasteiger partial charge on any atom is -0.475 e. The number of aromatic nitrogens is 3. The lowest BCUT2D eigenvalue weighted by molar-refractivity contribution is -0.192. The molecule has 340 valence electrons. The van der Waals surface area contributed by atoms with Crippen molar-refractivity contribution in [3.8, 4) is 0 Å². The number of allylic oxidation sites excluding steroid dienone is 1. The predicted octanol–water partition coefficient (Wildman–Crippen LogP) is 3.54. The number of nitrogens with zero attached hydrogens (tertiary/aromatic N) is 9. The van der Waals surface area contributed by atoms with Gasteiger partial charge in [-0.3, -0.25) is 28.6 Å². The molecule has 6 aliphatic rings. The Morgan fingerprint density at radius 3 is 2.05 bits per heavy atom. The van der Waals surface area contributed by atoms with E-state index in [1.165, 1.54) is 6.08 Å². The molecule has 2 N–H and O–H groups in total. The number of carboxylic acids is 1. The summed E-state index contributed by atoms with van der Waals surface area (Å²) in [4.78, 5) is 82.2. The number of unbranched alkanes of at least 4 members (excludes halogenated alkanes) is 1. The highest BCUT2D eigenvalue weighted by atomic mass is 19.4. The van der Waals surface area contributed by atoms with Gasteiger partial charge in [0.2, 0.25) is 23.4 Å². The van der Waals surface area contributed by atoms with Crippen LogP contribution in [-0.4, -0.2) is 172 Å². The van der Waals surface area contributed by atoms with Gasteiger partial charge in [0.15, 0.2) is 0 Å². The molecule has 0 atom stereocenters. The molecule has 0 bridgehead atoms. The molecule has 5 fully saturated rings. The van der Waals surface area contributed by atoms with Crippen molar-refractivity contribution >= 4 is 51.2 Å². The van der Waals surface area contributed by atoms with E-state index in [0.717, 1.165) is 139 Å². The van der Waals surface area contributed by atoms with Gasteiger partial charge in [-0.15, -0.1) is 0 Å². The van der Waals surface area contributed by atoms with Crippen LogP contribution in [-0.2, 0) is 25.7 Å². The van der Waals surface area contributed by atoms with Crippen LogP contribution in [0.15, 0.2) is 52.4 Å². The Morgan fingerprint density at radius 1 is 0.857 bits per heavy atom. The summed E-state index contributed by atoms with van der Waals surface area (Å²) in [5.41, 5.74) is 3.75. The zero-order valence-corrected chi connectivity index (χ0v) is 36.4. The van der Waals surface area contributed by atoms with Gasteiger partial charge < -0.3 is 34.9 Å². The van der Waals surface area contributed by atoms with Crippen LogP contribution in [0.1, 0.15) is 57.1 Å². The van der Waals surface area contributed by atoms with Crippen molar-refractivity contribution in [3.05, 3.63) is 63.5 Å². The van der Waals surface area contributed by atoms with E-state index in [4.69, 9.17) is 14.9 Å². The standard InChI is InChI=1S/C30H43N7O2.C12H13N3O2.C2HF3O2/c1-5-6-13-31-30-32-19-26-24-12-7-21(20-36-16-14-35(4)15-17-36)18-25(24)29(39)37(27(26)33-30)23-10-8-22(9-11-23)28(38)34(2)3;16-9-7-8(13-1-2-13)12(17)11(15-5-6-15)10(9)14-3-4-14;3-2(4,5)1(6)7/h7,12,18-19,22-23H,5-6,8-11,13-17,20H2,1-4H3,(H,31,32,33);7H,1-6H2;(H,6,7). The smallest absolute Gasteiger partial charge is 0.475 e. The molecule has 19 heteroatoms. The van der Waals surface area contributed by atoms with Crippen molar-refractivity contribution in [1.82, 2.24) is 43.9 Å². The lowest BCUT2D eigenvalue weighted by Crippen LogP contribution is -2.43. The van der Waals surface area contributed by atoms with Gasteiger partial charge in [-0.25, -0.2) is 9.78 Å². The summed E-state index contributed by atoms with van der Waals surface area (Å²) in [6.45, 7) is 13.4. The fourth-order valence-corrected chi connectivity index (χ4v) is 8.36. The number of halogens is 3. The zero-order valence-electron chi connectivity index (χ0n) is 36.4. The molecular formula is C44H57F3N10O6. The van der Waals surface area contributed by atoms with Gasteiger partial charge in [0.05, 0.1) is 5.70 Å². The lowest BCUT2D eigenvalue weighted by atomic mass is 9.85. The fourth-order valence-electron chi connectivity index (χ4n) is 8.36. The molecule has 1 saturated carbocycles. The number of ketones is 2. The third-order valence-corrected chi connectivity index (χ3v) is 12.2. The number of hydrogen-bond acceptors (Lipinski definition) is 13. The Bertz CT molecular complexity index is 2350. The Hall–Kier alpha value is -5.56. The van der Waals surface area contributed by atoms with Crippen LogP contribution in [0.2, 0.25) is 0 Å². The van der Waals surface area contributed by atoms with Crippen LogP contribution >= 0.6 is 0 Å². The van der Waals surface area contributed by atoms with E-state index in [-0.39, 0.29) is 35.0 Å². The number of carboxylic acid groups (broad SMARTS) is 1. The van der Waals surface area contributed by atoms with Gasteiger partial charge in [0, 0.05) is 128 Å². The Balaban J connectivity index is 0.000000201. The maximum absolute atomic E-state index is 14.2. The van der Waals surface area contributed by atoms with Crippen LogP contribution in [0.3, 0.4) is 0 Å². The largest absolute Gasteiger partial charge is 0.490 e. The maximum Gasteiger partial charge on any atom is 0.490 e. The first-order valence-electron chi connectivity index (χ1n) is 21.9. The summed E-state index contributed by atoms with van der Waals surface area (Å²) in [5, 5.41) is 13.0. The maximum atomic E-state index is 14.2. The summed E-state index contributed by atoms with van der Waals surface area (Å²) in [5.74, 6) is -1.94. The van der Waals surface area contributed by atoms with Crippen molar-refractivity contribution in [3.63, 3.8) is 0 Å². The minimum atomic E-state index is -5.08. The average molecular weight is 879 g/mol. The van der Waals surface area contributed by atoms with Gasteiger partial charge in [0.25, 0.3) is 5.56 Å². The van der Waals surface area contributed by atoms with Gasteiger partial charge >= 0.3 is 12.1 Å². The highest BCUT2D eigenvalue weighted by Gasteiger charge is 2.43. The highest BCUT2D eigenvalue weighted by Crippen LogP contribution is 2.36. The number of fused-ring (bicyclic) bond motifs is 3. The molecule has 4 saturated heterocycles. The molecule has 4 aliphatic heterocycles.